The summed E-state index contributed by atoms with van der Waals surface area (Å²) >= 11 is 12.3. The minimum Gasteiger partial charge on any atom is -0.354 e. The molecule has 0 aromatic heterocycles. The molecular formula is C28H30Cl2FN3O4S. The van der Waals surface area contributed by atoms with Gasteiger partial charge < -0.3 is 10.2 Å². The Morgan fingerprint density at radius 2 is 1.51 bits per heavy atom. The molecule has 2 amide bonds. The number of nitrogens with zero attached hydrogens (tertiary/aromatic N) is 2. The van der Waals surface area contributed by atoms with Crippen molar-refractivity contribution in [2.75, 3.05) is 17.4 Å². The molecule has 208 valence electrons. The Morgan fingerprint density at radius 1 is 0.923 bits per heavy atom. The van der Waals surface area contributed by atoms with Crippen LogP contribution >= 0.6 is 23.2 Å². The molecule has 0 heterocycles. The van der Waals surface area contributed by atoms with Crippen molar-refractivity contribution in [3.8, 4) is 0 Å². The summed E-state index contributed by atoms with van der Waals surface area (Å²) < 4.78 is 42.9. The van der Waals surface area contributed by atoms with Crippen LogP contribution in [0, 0.1) is 11.7 Å². The molecule has 0 saturated carbocycles. The first-order chi connectivity index (χ1) is 18.4. The molecule has 7 nitrogen and oxygen atoms in total. The van der Waals surface area contributed by atoms with Crippen LogP contribution in [-0.4, -0.2) is 44.3 Å². The lowest BCUT2D eigenvalue weighted by Gasteiger charge is -2.32. The zero-order chi connectivity index (χ0) is 28.7. The van der Waals surface area contributed by atoms with E-state index in [1.807, 2.05) is 13.8 Å². The lowest BCUT2D eigenvalue weighted by atomic mass is 10.1. The summed E-state index contributed by atoms with van der Waals surface area (Å²) in [5.74, 6) is -1.56. The standard InChI is InChI=1S/C28H30Cl2FN3O4S/c1-19(2)16-32-28(36)20(3)33(17-21-9-7-8-12-26(21)31)27(35)18-34(24-14-22(29)13-23(30)15-24)39(37,38)25-10-5-4-6-11-25/h4-15,19-20H,16-18H2,1-3H3,(H,32,36)/t20-/m1/s1. The van der Waals surface area contributed by atoms with Crippen LogP contribution in [0.1, 0.15) is 26.3 Å². The van der Waals surface area contributed by atoms with E-state index in [-0.39, 0.29) is 38.7 Å². The second-order valence-corrected chi connectivity index (χ2v) is 12.1. The van der Waals surface area contributed by atoms with Gasteiger partial charge in [-0.05, 0) is 49.2 Å². The molecule has 3 aromatic carbocycles. The van der Waals surface area contributed by atoms with Crippen molar-refractivity contribution >= 4 is 50.7 Å². The van der Waals surface area contributed by atoms with Gasteiger partial charge in [-0.2, -0.15) is 0 Å². The lowest BCUT2D eigenvalue weighted by molar-refractivity contribution is -0.139. The van der Waals surface area contributed by atoms with Gasteiger partial charge in [-0.25, -0.2) is 12.8 Å². The maximum absolute atomic E-state index is 14.6. The van der Waals surface area contributed by atoms with Crippen LogP contribution in [0.4, 0.5) is 10.1 Å². The molecule has 1 N–H and O–H groups in total. The van der Waals surface area contributed by atoms with Crippen LogP contribution in [0.15, 0.2) is 77.7 Å². The number of halogens is 3. The van der Waals surface area contributed by atoms with Crippen LogP contribution in [-0.2, 0) is 26.2 Å². The molecule has 0 unspecified atom stereocenters. The maximum Gasteiger partial charge on any atom is 0.264 e. The summed E-state index contributed by atoms with van der Waals surface area (Å²) in [5.41, 5.74) is 0.241. The van der Waals surface area contributed by atoms with Gasteiger partial charge in [-0.3, -0.25) is 13.9 Å². The van der Waals surface area contributed by atoms with Crippen LogP contribution < -0.4 is 9.62 Å². The molecule has 3 rings (SSSR count). The fourth-order valence-electron chi connectivity index (χ4n) is 3.78. The monoisotopic (exact) mass is 593 g/mol. The molecule has 0 saturated heterocycles. The quantitative estimate of drug-likeness (QED) is 0.317. The molecule has 0 aliphatic carbocycles. The second kappa shape index (κ2) is 13.3. The number of nitrogens with one attached hydrogen (secondary N) is 1. The SMILES string of the molecule is CC(C)CNC(=O)[C@@H](C)N(Cc1ccccc1F)C(=O)CN(c1cc(Cl)cc(Cl)c1)S(=O)(=O)c1ccccc1. The summed E-state index contributed by atoms with van der Waals surface area (Å²) in [5, 5.41) is 3.12. The van der Waals surface area contributed by atoms with Crippen molar-refractivity contribution in [1.29, 1.82) is 0 Å². The largest absolute Gasteiger partial charge is 0.354 e. The Balaban J connectivity index is 2.04. The van der Waals surface area contributed by atoms with Gasteiger partial charge in [0.15, 0.2) is 0 Å². The summed E-state index contributed by atoms with van der Waals surface area (Å²) in [4.78, 5) is 27.9. The molecule has 1 atom stereocenters. The third-order valence-corrected chi connectivity index (χ3v) is 8.12. The van der Waals surface area contributed by atoms with Crippen LogP contribution in [0.5, 0.6) is 0 Å². The van der Waals surface area contributed by atoms with Crippen molar-refractivity contribution in [2.45, 2.75) is 38.3 Å². The average molecular weight is 595 g/mol. The Morgan fingerprint density at radius 3 is 2.10 bits per heavy atom. The van der Waals surface area contributed by atoms with Gasteiger partial charge in [0.2, 0.25) is 11.8 Å². The number of amides is 2. The van der Waals surface area contributed by atoms with Gasteiger partial charge in [0.05, 0.1) is 10.6 Å². The van der Waals surface area contributed by atoms with E-state index in [1.165, 1.54) is 55.5 Å². The van der Waals surface area contributed by atoms with E-state index < -0.39 is 40.2 Å². The van der Waals surface area contributed by atoms with E-state index in [4.69, 9.17) is 23.2 Å². The first-order valence-electron chi connectivity index (χ1n) is 12.2. The highest BCUT2D eigenvalue weighted by Gasteiger charge is 2.33. The number of carbonyl (C=O) groups is 2. The van der Waals surface area contributed by atoms with Crippen molar-refractivity contribution in [2.24, 2.45) is 5.92 Å². The van der Waals surface area contributed by atoms with Crippen LogP contribution in [0.25, 0.3) is 0 Å². The molecule has 0 fully saturated rings. The van der Waals surface area contributed by atoms with Gasteiger partial charge >= 0.3 is 0 Å². The molecular weight excluding hydrogens is 564 g/mol. The topological polar surface area (TPSA) is 86.8 Å². The summed E-state index contributed by atoms with van der Waals surface area (Å²) in [6, 6.07) is 16.6. The molecule has 0 radical (unpaired) electrons. The van der Waals surface area contributed by atoms with E-state index in [1.54, 1.807) is 24.3 Å². The minimum atomic E-state index is -4.27. The van der Waals surface area contributed by atoms with E-state index in [9.17, 15) is 22.4 Å². The van der Waals surface area contributed by atoms with Gasteiger partial charge in [0.1, 0.15) is 18.4 Å². The highest BCUT2D eigenvalue weighted by Crippen LogP contribution is 2.30. The third kappa shape index (κ3) is 7.94. The van der Waals surface area contributed by atoms with Gasteiger partial charge in [0, 0.05) is 28.7 Å². The fourth-order valence-corrected chi connectivity index (χ4v) is 5.71. The normalized spacial score (nSPS) is 12.2. The Labute approximate surface area is 238 Å². The first-order valence-corrected chi connectivity index (χ1v) is 14.4. The summed E-state index contributed by atoms with van der Waals surface area (Å²) in [6.07, 6.45) is 0. The number of rotatable bonds is 11. The van der Waals surface area contributed by atoms with Crippen molar-refractivity contribution in [3.05, 3.63) is 94.2 Å². The van der Waals surface area contributed by atoms with Crippen molar-refractivity contribution < 1.29 is 22.4 Å². The molecule has 11 heteroatoms. The zero-order valence-electron chi connectivity index (χ0n) is 21.8. The highest BCUT2D eigenvalue weighted by molar-refractivity contribution is 7.92. The number of benzene rings is 3. The van der Waals surface area contributed by atoms with Gasteiger partial charge in [0.25, 0.3) is 10.0 Å². The van der Waals surface area contributed by atoms with E-state index in [2.05, 4.69) is 5.32 Å². The van der Waals surface area contributed by atoms with Crippen molar-refractivity contribution in [1.82, 2.24) is 10.2 Å². The van der Waals surface area contributed by atoms with Gasteiger partial charge in [-0.15, -0.1) is 0 Å². The number of carbonyl (C=O) groups excluding carboxylic acids is 2. The predicted octanol–water partition coefficient (Wildman–Crippen LogP) is 5.52. The number of hydrogen-bond donors (Lipinski definition) is 1. The van der Waals surface area contributed by atoms with E-state index >= 15 is 0 Å². The summed E-state index contributed by atoms with van der Waals surface area (Å²) in [7, 11) is -4.27. The van der Waals surface area contributed by atoms with Crippen molar-refractivity contribution in [3.63, 3.8) is 0 Å². The zero-order valence-corrected chi connectivity index (χ0v) is 24.1. The molecule has 3 aromatic rings. The number of hydrogen-bond acceptors (Lipinski definition) is 4. The second-order valence-electron chi connectivity index (χ2n) is 9.38. The predicted molar refractivity (Wildman–Crippen MR) is 152 cm³/mol. The minimum absolute atomic E-state index is 0.0581. The Kier molecular flexibility index (Phi) is 10.4. The molecule has 39 heavy (non-hydrogen) atoms. The average Bonchev–Trinajstić information content (AvgIpc) is 2.89. The first kappa shape index (κ1) is 30.4. The van der Waals surface area contributed by atoms with Gasteiger partial charge in [-0.1, -0.05) is 73.4 Å². The maximum atomic E-state index is 14.6. The molecule has 0 spiro atoms. The van der Waals surface area contributed by atoms with E-state index in [0.29, 0.717) is 6.54 Å². The number of anilines is 1. The molecule has 0 aliphatic rings. The third-order valence-electron chi connectivity index (χ3n) is 5.90. The van der Waals surface area contributed by atoms with Crippen LogP contribution in [0.3, 0.4) is 0 Å². The smallest absolute Gasteiger partial charge is 0.264 e. The Bertz CT molecular complexity index is 1400. The molecule has 0 aliphatic heterocycles. The fraction of sp³-hybridized carbons (Fsp3) is 0.286. The lowest BCUT2D eigenvalue weighted by Crippen LogP contribution is -2.51. The highest BCUT2D eigenvalue weighted by atomic mass is 35.5. The summed E-state index contributed by atoms with van der Waals surface area (Å²) in [6.45, 7) is 4.80. The van der Waals surface area contributed by atoms with E-state index in [0.717, 1.165) is 9.21 Å². The van der Waals surface area contributed by atoms with Crippen LogP contribution in [0.2, 0.25) is 10.0 Å². The number of sulfonamides is 1. The Hall–Kier alpha value is -3.14. The molecule has 0 bridgehead atoms.